The standard InChI is InChI=1S/C22H25N5O2S/c1-5-26(6-2)16-9-7-15(8-10-16)19-14-30-22-24-23-21(27(22)25-19)18-12-11-17(28-3)13-20(18)29-4/h7-13H,5-6,14H2,1-4H3. The molecule has 0 fully saturated rings. The Morgan fingerprint density at radius 2 is 1.77 bits per heavy atom. The third-order valence-corrected chi connectivity index (χ3v) is 6.08. The van der Waals surface area contributed by atoms with Gasteiger partial charge in [0.05, 0.1) is 25.5 Å². The molecule has 1 aliphatic rings. The van der Waals surface area contributed by atoms with Crippen LogP contribution in [-0.2, 0) is 0 Å². The lowest BCUT2D eigenvalue weighted by atomic mass is 10.1. The molecule has 0 amide bonds. The largest absolute Gasteiger partial charge is 0.497 e. The Morgan fingerprint density at radius 1 is 1.00 bits per heavy atom. The summed E-state index contributed by atoms with van der Waals surface area (Å²) >= 11 is 1.63. The van der Waals surface area contributed by atoms with E-state index in [9.17, 15) is 0 Å². The predicted molar refractivity (Wildman–Crippen MR) is 121 cm³/mol. The zero-order chi connectivity index (χ0) is 21.1. The van der Waals surface area contributed by atoms with Crippen LogP contribution in [0.1, 0.15) is 19.4 Å². The first-order chi connectivity index (χ1) is 14.7. The second-order valence-corrected chi connectivity index (χ2v) is 7.68. The minimum atomic E-state index is 0.647. The number of hydrogen-bond donors (Lipinski definition) is 0. The van der Waals surface area contributed by atoms with Gasteiger partial charge >= 0.3 is 0 Å². The number of fused-ring (bicyclic) bond motifs is 1. The molecular formula is C22H25N5O2S. The van der Waals surface area contributed by atoms with Gasteiger partial charge in [-0.25, -0.2) is 0 Å². The molecule has 0 aliphatic carbocycles. The van der Waals surface area contributed by atoms with Gasteiger partial charge in [-0.1, -0.05) is 23.9 Å². The summed E-state index contributed by atoms with van der Waals surface area (Å²) < 4.78 is 12.6. The summed E-state index contributed by atoms with van der Waals surface area (Å²) in [5.41, 5.74) is 4.14. The van der Waals surface area contributed by atoms with E-state index >= 15 is 0 Å². The molecule has 0 bridgehead atoms. The Bertz CT molecular complexity index is 1060. The van der Waals surface area contributed by atoms with Crippen LogP contribution in [0.15, 0.2) is 52.7 Å². The van der Waals surface area contributed by atoms with E-state index in [4.69, 9.17) is 14.6 Å². The molecule has 0 atom stereocenters. The fourth-order valence-electron chi connectivity index (χ4n) is 3.47. The first kappa shape index (κ1) is 20.3. The molecule has 4 rings (SSSR count). The number of aromatic nitrogens is 3. The van der Waals surface area contributed by atoms with Crippen molar-refractivity contribution in [1.29, 1.82) is 0 Å². The molecule has 0 unspecified atom stereocenters. The predicted octanol–water partition coefficient (Wildman–Crippen LogP) is 4.17. The van der Waals surface area contributed by atoms with Crippen LogP contribution in [0.2, 0.25) is 0 Å². The lowest BCUT2D eigenvalue weighted by Gasteiger charge is -2.21. The van der Waals surface area contributed by atoms with Crippen LogP contribution in [0, 0.1) is 0 Å². The topological polar surface area (TPSA) is 64.8 Å². The Hall–Kier alpha value is -3.00. The molecule has 8 heteroatoms. The van der Waals surface area contributed by atoms with E-state index in [1.54, 1.807) is 30.7 Å². The van der Waals surface area contributed by atoms with Crippen molar-refractivity contribution in [2.75, 3.05) is 38.0 Å². The number of benzene rings is 2. The van der Waals surface area contributed by atoms with Crippen LogP contribution in [-0.4, -0.2) is 53.6 Å². The second-order valence-electron chi connectivity index (χ2n) is 6.74. The molecule has 2 heterocycles. The van der Waals surface area contributed by atoms with Crippen molar-refractivity contribution in [1.82, 2.24) is 14.9 Å². The lowest BCUT2D eigenvalue weighted by Crippen LogP contribution is -2.21. The van der Waals surface area contributed by atoms with E-state index in [-0.39, 0.29) is 0 Å². The Morgan fingerprint density at radius 3 is 2.43 bits per heavy atom. The summed E-state index contributed by atoms with van der Waals surface area (Å²) in [4.78, 5) is 2.33. The number of rotatable bonds is 7. The van der Waals surface area contributed by atoms with Gasteiger partial charge in [-0.15, -0.1) is 10.2 Å². The molecule has 3 aromatic rings. The van der Waals surface area contributed by atoms with Gasteiger partial charge in [-0.2, -0.15) is 9.78 Å². The number of anilines is 1. The molecule has 1 aliphatic heterocycles. The third-order valence-electron chi connectivity index (χ3n) is 5.15. The SMILES string of the molecule is CCN(CC)c1ccc(C2=Nn3c(nnc3-c3ccc(OC)cc3OC)SC2)cc1. The zero-order valence-corrected chi connectivity index (χ0v) is 18.4. The van der Waals surface area contributed by atoms with Crippen molar-refractivity contribution >= 4 is 23.2 Å². The summed E-state index contributed by atoms with van der Waals surface area (Å²) in [5, 5.41) is 14.3. The van der Waals surface area contributed by atoms with Crippen LogP contribution in [0.3, 0.4) is 0 Å². The maximum absolute atomic E-state index is 5.55. The highest BCUT2D eigenvalue weighted by Crippen LogP contribution is 2.35. The van der Waals surface area contributed by atoms with Crippen LogP contribution < -0.4 is 14.4 Å². The molecule has 0 radical (unpaired) electrons. The molecule has 1 aromatic heterocycles. The quantitative estimate of drug-likeness (QED) is 0.568. The first-order valence-corrected chi connectivity index (χ1v) is 10.9. The monoisotopic (exact) mass is 423 g/mol. The zero-order valence-electron chi connectivity index (χ0n) is 17.6. The van der Waals surface area contributed by atoms with Crippen molar-refractivity contribution in [3.8, 4) is 22.9 Å². The molecule has 0 saturated heterocycles. The van der Waals surface area contributed by atoms with Gasteiger partial charge < -0.3 is 14.4 Å². The highest BCUT2D eigenvalue weighted by atomic mass is 32.2. The van der Waals surface area contributed by atoms with Gasteiger partial charge in [0.15, 0.2) is 5.82 Å². The van der Waals surface area contributed by atoms with Gasteiger partial charge in [0.25, 0.3) is 0 Å². The molecule has 30 heavy (non-hydrogen) atoms. The molecular weight excluding hydrogens is 398 g/mol. The molecule has 0 N–H and O–H groups in total. The average Bonchev–Trinajstić information content (AvgIpc) is 3.23. The highest BCUT2D eigenvalue weighted by molar-refractivity contribution is 7.99. The lowest BCUT2D eigenvalue weighted by molar-refractivity contribution is 0.395. The van der Waals surface area contributed by atoms with Crippen molar-refractivity contribution in [3.63, 3.8) is 0 Å². The van der Waals surface area contributed by atoms with E-state index in [0.717, 1.165) is 46.6 Å². The van der Waals surface area contributed by atoms with Crippen molar-refractivity contribution in [2.45, 2.75) is 19.0 Å². The fraction of sp³-hybridized carbons (Fsp3) is 0.318. The molecule has 0 spiro atoms. The number of hydrogen-bond acceptors (Lipinski definition) is 7. The van der Waals surface area contributed by atoms with Crippen LogP contribution in [0.5, 0.6) is 11.5 Å². The van der Waals surface area contributed by atoms with E-state index < -0.39 is 0 Å². The normalized spacial score (nSPS) is 12.9. The van der Waals surface area contributed by atoms with Gasteiger partial charge in [0, 0.05) is 30.6 Å². The van der Waals surface area contributed by atoms with E-state index in [2.05, 4.69) is 53.2 Å². The van der Waals surface area contributed by atoms with Crippen molar-refractivity contribution in [3.05, 3.63) is 48.0 Å². The second kappa shape index (κ2) is 8.79. The summed E-state index contributed by atoms with van der Waals surface area (Å²) in [5.74, 6) is 2.79. The third kappa shape index (κ3) is 3.75. The van der Waals surface area contributed by atoms with Crippen LogP contribution in [0.4, 0.5) is 5.69 Å². The van der Waals surface area contributed by atoms with Crippen LogP contribution in [0.25, 0.3) is 11.4 Å². The maximum atomic E-state index is 5.55. The Balaban J connectivity index is 1.70. The maximum Gasteiger partial charge on any atom is 0.212 e. The molecule has 7 nitrogen and oxygen atoms in total. The number of thioether (sulfide) groups is 1. The van der Waals surface area contributed by atoms with Crippen molar-refractivity contribution in [2.24, 2.45) is 5.10 Å². The summed E-state index contributed by atoms with van der Waals surface area (Å²) in [6.45, 7) is 6.32. The number of ether oxygens (including phenoxy) is 2. The molecule has 2 aromatic carbocycles. The summed E-state index contributed by atoms with van der Waals surface area (Å²) in [6.07, 6.45) is 0. The highest BCUT2D eigenvalue weighted by Gasteiger charge is 2.23. The Labute approximate surface area is 180 Å². The summed E-state index contributed by atoms with van der Waals surface area (Å²) in [6, 6.07) is 14.2. The smallest absolute Gasteiger partial charge is 0.212 e. The van der Waals surface area contributed by atoms with E-state index in [1.807, 2.05) is 18.2 Å². The minimum Gasteiger partial charge on any atom is -0.497 e. The summed E-state index contributed by atoms with van der Waals surface area (Å²) in [7, 11) is 3.26. The fourth-order valence-corrected chi connectivity index (χ4v) is 4.31. The Kier molecular flexibility index (Phi) is 5.94. The van der Waals surface area contributed by atoms with Gasteiger partial charge in [0.1, 0.15) is 11.5 Å². The first-order valence-electron chi connectivity index (χ1n) is 9.92. The average molecular weight is 424 g/mol. The van der Waals surface area contributed by atoms with E-state index in [0.29, 0.717) is 11.6 Å². The van der Waals surface area contributed by atoms with Crippen LogP contribution >= 0.6 is 11.8 Å². The molecule has 0 saturated carbocycles. The van der Waals surface area contributed by atoms with Crippen molar-refractivity contribution < 1.29 is 9.47 Å². The van der Waals surface area contributed by atoms with Gasteiger partial charge in [-0.05, 0) is 43.7 Å². The number of nitrogens with zero attached hydrogens (tertiary/aromatic N) is 5. The number of methoxy groups -OCH3 is 2. The van der Waals surface area contributed by atoms with Gasteiger partial charge in [-0.3, -0.25) is 0 Å². The minimum absolute atomic E-state index is 0.647. The molecule has 156 valence electrons. The van der Waals surface area contributed by atoms with Gasteiger partial charge in [0.2, 0.25) is 5.16 Å². The van der Waals surface area contributed by atoms with E-state index in [1.165, 1.54) is 5.69 Å².